The van der Waals surface area contributed by atoms with E-state index < -0.39 is 0 Å². The van der Waals surface area contributed by atoms with Crippen molar-refractivity contribution >= 4 is 5.69 Å². The van der Waals surface area contributed by atoms with E-state index >= 15 is 0 Å². The number of benzene rings is 3. The number of anilines is 1. The first kappa shape index (κ1) is 22.0. The highest BCUT2D eigenvalue weighted by Gasteiger charge is 2.07. The SMILES string of the molecule is CCCCCOc1ccc(-c2ccc(C)cc2)cc1NCCCCc1ccccc1. The predicted molar refractivity (Wildman–Crippen MR) is 130 cm³/mol. The van der Waals surface area contributed by atoms with Crippen molar-refractivity contribution in [2.45, 2.75) is 52.4 Å². The van der Waals surface area contributed by atoms with Crippen molar-refractivity contribution in [2.24, 2.45) is 0 Å². The van der Waals surface area contributed by atoms with Crippen LogP contribution in [-0.4, -0.2) is 13.2 Å². The molecule has 0 aromatic heterocycles. The third kappa shape index (κ3) is 6.95. The van der Waals surface area contributed by atoms with E-state index in [1.54, 1.807) is 0 Å². The van der Waals surface area contributed by atoms with Gasteiger partial charge in [0.25, 0.3) is 0 Å². The molecule has 30 heavy (non-hydrogen) atoms. The maximum atomic E-state index is 6.11. The van der Waals surface area contributed by atoms with Crippen LogP contribution in [0.15, 0.2) is 72.8 Å². The molecule has 2 nitrogen and oxygen atoms in total. The van der Waals surface area contributed by atoms with Gasteiger partial charge in [-0.2, -0.15) is 0 Å². The topological polar surface area (TPSA) is 21.3 Å². The molecule has 0 aliphatic rings. The Morgan fingerprint density at radius 3 is 2.30 bits per heavy atom. The predicted octanol–water partition coefficient (Wildman–Crippen LogP) is 7.67. The fourth-order valence-electron chi connectivity index (χ4n) is 3.58. The van der Waals surface area contributed by atoms with Crippen LogP contribution in [0.5, 0.6) is 5.75 Å². The van der Waals surface area contributed by atoms with Crippen LogP contribution in [-0.2, 0) is 6.42 Å². The number of hydrogen-bond acceptors (Lipinski definition) is 2. The molecule has 0 spiro atoms. The van der Waals surface area contributed by atoms with E-state index in [2.05, 4.69) is 92.0 Å². The minimum Gasteiger partial charge on any atom is -0.491 e. The zero-order valence-electron chi connectivity index (χ0n) is 18.5. The highest BCUT2D eigenvalue weighted by molar-refractivity contribution is 5.72. The lowest BCUT2D eigenvalue weighted by Gasteiger charge is -2.15. The summed E-state index contributed by atoms with van der Waals surface area (Å²) in [4.78, 5) is 0. The van der Waals surface area contributed by atoms with E-state index in [9.17, 15) is 0 Å². The average molecular weight is 402 g/mol. The largest absolute Gasteiger partial charge is 0.491 e. The molecule has 158 valence electrons. The molecule has 0 fully saturated rings. The van der Waals surface area contributed by atoms with Crippen LogP contribution in [0.2, 0.25) is 0 Å². The molecular formula is C28H35NO. The monoisotopic (exact) mass is 401 g/mol. The first-order valence-electron chi connectivity index (χ1n) is 11.4. The summed E-state index contributed by atoms with van der Waals surface area (Å²) >= 11 is 0. The van der Waals surface area contributed by atoms with E-state index in [1.165, 1.54) is 41.5 Å². The highest BCUT2D eigenvalue weighted by Crippen LogP contribution is 2.31. The summed E-state index contributed by atoms with van der Waals surface area (Å²) < 4.78 is 6.11. The van der Waals surface area contributed by atoms with Crippen LogP contribution in [0, 0.1) is 6.92 Å². The van der Waals surface area contributed by atoms with Gasteiger partial charge in [-0.3, -0.25) is 0 Å². The molecule has 0 heterocycles. The van der Waals surface area contributed by atoms with Gasteiger partial charge in [0.05, 0.1) is 12.3 Å². The Kier molecular flexibility index (Phi) is 8.83. The van der Waals surface area contributed by atoms with Crippen LogP contribution in [0.4, 0.5) is 5.69 Å². The lowest BCUT2D eigenvalue weighted by Crippen LogP contribution is -2.06. The summed E-state index contributed by atoms with van der Waals surface area (Å²) in [7, 11) is 0. The van der Waals surface area contributed by atoms with Gasteiger partial charge in [-0.05, 0) is 61.4 Å². The Hall–Kier alpha value is -2.74. The second-order valence-electron chi connectivity index (χ2n) is 8.00. The maximum Gasteiger partial charge on any atom is 0.142 e. The second-order valence-corrected chi connectivity index (χ2v) is 8.00. The first-order chi connectivity index (χ1) is 14.8. The van der Waals surface area contributed by atoms with Crippen molar-refractivity contribution < 1.29 is 4.74 Å². The molecule has 0 unspecified atom stereocenters. The van der Waals surface area contributed by atoms with Crippen molar-refractivity contribution in [3.8, 4) is 16.9 Å². The van der Waals surface area contributed by atoms with Crippen molar-refractivity contribution in [1.82, 2.24) is 0 Å². The van der Waals surface area contributed by atoms with Gasteiger partial charge in [-0.15, -0.1) is 0 Å². The Morgan fingerprint density at radius 2 is 1.53 bits per heavy atom. The van der Waals surface area contributed by atoms with Gasteiger partial charge in [-0.25, -0.2) is 0 Å². The van der Waals surface area contributed by atoms with Crippen molar-refractivity contribution in [1.29, 1.82) is 0 Å². The Labute approximate surface area is 182 Å². The number of aryl methyl sites for hydroxylation is 2. The zero-order valence-corrected chi connectivity index (χ0v) is 18.5. The molecule has 0 radical (unpaired) electrons. The van der Waals surface area contributed by atoms with E-state index in [1.807, 2.05) is 0 Å². The third-order valence-corrected chi connectivity index (χ3v) is 5.42. The summed E-state index contributed by atoms with van der Waals surface area (Å²) in [5.74, 6) is 0.963. The second kappa shape index (κ2) is 12.1. The molecule has 2 heteroatoms. The van der Waals surface area contributed by atoms with E-state index in [0.29, 0.717) is 0 Å². The fourth-order valence-corrected chi connectivity index (χ4v) is 3.58. The third-order valence-electron chi connectivity index (χ3n) is 5.42. The van der Waals surface area contributed by atoms with Gasteiger partial charge in [0.2, 0.25) is 0 Å². The lowest BCUT2D eigenvalue weighted by molar-refractivity contribution is 0.307. The zero-order chi connectivity index (χ0) is 21.0. The molecule has 0 aliphatic carbocycles. The van der Waals surface area contributed by atoms with Gasteiger partial charge in [0, 0.05) is 6.54 Å². The molecule has 3 aromatic rings. The quantitative estimate of drug-likeness (QED) is 0.314. The fraction of sp³-hybridized carbons (Fsp3) is 0.357. The summed E-state index contributed by atoms with van der Waals surface area (Å²) in [5, 5.41) is 3.64. The van der Waals surface area contributed by atoms with E-state index in [0.717, 1.165) is 43.9 Å². The average Bonchev–Trinajstić information content (AvgIpc) is 2.78. The smallest absolute Gasteiger partial charge is 0.142 e. The van der Waals surface area contributed by atoms with E-state index in [-0.39, 0.29) is 0 Å². The highest BCUT2D eigenvalue weighted by atomic mass is 16.5. The van der Waals surface area contributed by atoms with Gasteiger partial charge in [-0.1, -0.05) is 86.0 Å². The molecule has 3 aromatic carbocycles. The van der Waals surface area contributed by atoms with Crippen LogP contribution >= 0.6 is 0 Å². The number of rotatable bonds is 12. The summed E-state index contributed by atoms with van der Waals surface area (Å²) in [6.07, 6.45) is 6.98. The van der Waals surface area contributed by atoms with E-state index in [4.69, 9.17) is 4.74 Å². The Balaban J connectivity index is 1.61. The number of nitrogens with one attached hydrogen (secondary N) is 1. The van der Waals surface area contributed by atoms with Crippen molar-refractivity contribution in [2.75, 3.05) is 18.5 Å². The molecule has 0 amide bonds. The first-order valence-corrected chi connectivity index (χ1v) is 11.4. The molecule has 0 bridgehead atoms. The molecule has 0 aliphatic heterocycles. The summed E-state index contributed by atoms with van der Waals surface area (Å²) in [6.45, 7) is 6.08. The van der Waals surface area contributed by atoms with Crippen LogP contribution in [0.25, 0.3) is 11.1 Å². The Bertz CT molecular complexity index is 871. The normalized spacial score (nSPS) is 10.7. The molecule has 0 atom stereocenters. The van der Waals surface area contributed by atoms with Gasteiger partial charge < -0.3 is 10.1 Å². The van der Waals surface area contributed by atoms with Crippen LogP contribution in [0.3, 0.4) is 0 Å². The Morgan fingerprint density at radius 1 is 0.767 bits per heavy atom. The summed E-state index contributed by atoms with van der Waals surface area (Å²) in [5.41, 5.74) is 6.27. The van der Waals surface area contributed by atoms with Gasteiger partial charge in [0.15, 0.2) is 0 Å². The number of ether oxygens (including phenoxy) is 1. The molecule has 3 rings (SSSR count). The minimum absolute atomic E-state index is 0.778. The number of unbranched alkanes of at least 4 members (excludes halogenated alkanes) is 3. The summed E-state index contributed by atoms with van der Waals surface area (Å²) in [6, 6.07) is 26.0. The molecule has 1 N–H and O–H groups in total. The number of hydrogen-bond donors (Lipinski definition) is 1. The molecule has 0 saturated carbocycles. The molecule has 0 saturated heterocycles. The standard InChI is InChI=1S/C28H35NO/c1-3-4-10-21-30-28-19-18-26(25-16-14-23(2)15-17-25)22-27(28)29-20-9-8-13-24-11-6-5-7-12-24/h5-7,11-12,14-19,22,29H,3-4,8-10,13,20-21H2,1-2H3. The minimum atomic E-state index is 0.778. The maximum absolute atomic E-state index is 6.11. The van der Waals surface area contributed by atoms with Crippen molar-refractivity contribution in [3.63, 3.8) is 0 Å². The van der Waals surface area contributed by atoms with Gasteiger partial charge >= 0.3 is 0 Å². The van der Waals surface area contributed by atoms with Crippen molar-refractivity contribution in [3.05, 3.63) is 83.9 Å². The lowest BCUT2D eigenvalue weighted by atomic mass is 10.0. The van der Waals surface area contributed by atoms with Crippen LogP contribution in [0.1, 0.15) is 50.2 Å². The van der Waals surface area contributed by atoms with Gasteiger partial charge in [0.1, 0.15) is 5.75 Å². The van der Waals surface area contributed by atoms with Crippen LogP contribution < -0.4 is 10.1 Å². The molecular weight excluding hydrogens is 366 g/mol.